The molecule has 4 nitrogen and oxygen atoms in total. The second-order valence-corrected chi connectivity index (χ2v) is 3.94. The van der Waals surface area contributed by atoms with Crippen LogP contribution in [0.5, 0.6) is 0 Å². The maximum atomic E-state index is 9.56. The summed E-state index contributed by atoms with van der Waals surface area (Å²) >= 11 is 0. The molecule has 2 unspecified atom stereocenters. The van der Waals surface area contributed by atoms with E-state index in [1.807, 2.05) is 13.8 Å². The Bertz CT molecular complexity index is 160. The van der Waals surface area contributed by atoms with Crippen molar-refractivity contribution in [1.29, 1.82) is 0 Å². The first-order valence-corrected chi connectivity index (χ1v) is 4.68. The van der Waals surface area contributed by atoms with E-state index in [-0.39, 0.29) is 24.7 Å². The topological polar surface area (TPSA) is 69.9 Å². The number of ether oxygens (including phenoxy) is 1. The van der Waals surface area contributed by atoms with Crippen LogP contribution in [0.25, 0.3) is 0 Å². The molecule has 0 radical (unpaired) electrons. The van der Waals surface area contributed by atoms with Crippen LogP contribution in [0.1, 0.15) is 20.3 Å². The Kier molecular flexibility index (Phi) is 3.67. The molecule has 0 amide bonds. The van der Waals surface area contributed by atoms with Gasteiger partial charge >= 0.3 is 0 Å². The molecule has 4 heteroatoms. The lowest BCUT2D eigenvalue weighted by atomic mass is 9.91. The second-order valence-electron chi connectivity index (χ2n) is 3.94. The molecular formula is C9H18O4. The van der Waals surface area contributed by atoms with Crippen LogP contribution in [0.3, 0.4) is 0 Å². The van der Waals surface area contributed by atoms with Crippen LogP contribution in [0.15, 0.2) is 0 Å². The minimum Gasteiger partial charge on any atom is -0.394 e. The van der Waals surface area contributed by atoms with Crippen molar-refractivity contribution in [2.45, 2.75) is 44.7 Å². The largest absolute Gasteiger partial charge is 0.394 e. The molecule has 0 saturated carbocycles. The molecule has 0 aliphatic carbocycles. The predicted molar refractivity (Wildman–Crippen MR) is 47.2 cm³/mol. The van der Waals surface area contributed by atoms with Gasteiger partial charge in [0.1, 0.15) is 6.10 Å². The average molecular weight is 190 g/mol. The Morgan fingerprint density at radius 1 is 1.38 bits per heavy atom. The third kappa shape index (κ3) is 2.40. The van der Waals surface area contributed by atoms with E-state index in [1.54, 1.807) is 0 Å². The van der Waals surface area contributed by atoms with Gasteiger partial charge in [0.25, 0.3) is 0 Å². The van der Waals surface area contributed by atoms with Crippen molar-refractivity contribution in [1.82, 2.24) is 0 Å². The molecule has 0 aromatic heterocycles. The Morgan fingerprint density at radius 2 is 2.00 bits per heavy atom. The van der Waals surface area contributed by atoms with Gasteiger partial charge in [0, 0.05) is 6.42 Å². The molecule has 1 saturated heterocycles. The quantitative estimate of drug-likeness (QED) is 0.550. The molecule has 1 aliphatic rings. The number of hydrogen-bond donors (Lipinski definition) is 3. The van der Waals surface area contributed by atoms with Gasteiger partial charge in [-0.1, -0.05) is 13.8 Å². The van der Waals surface area contributed by atoms with E-state index in [9.17, 15) is 10.2 Å². The first-order valence-electron chi connectivity index (χ1n) is 4.68. The predicted octanol–water partition coefficient (Wildman–Crippen LogP) is -0.486. The molecule has 0 bridgehead atoms. The highest BCUT2D eigenvalue weighted by molar-refractivity contribution is 4.86. The number of rotatable bonds is 2. The van der Waals surface area contributed by atoms with Crippen molar-refractivity contribution >= 4 is 0 Å². The van der Waals surface area contributed by atoms with E-state index >= 15 is 0 Å². The van der Waals surface area contributed by atoms with E-state index < -0.39 is 12.2 Å². The van der Waals surface area contributed by atoms with Crippen molar-refractivity contribution in [2.24, 2.45) is 5.92 Å². The standard InChI is InChI=1S/C9H18O4/c1-5(2)9-8(12)7(11)3-6(4-10)13-9/h5-12H,3-4H2,1-2H3/t6?,7-,8?,9-/m0/s1. The number of aliphatic hydroxyl groups is 3. The van der Waals surface area contributed by atoms with Gasteiger partial charge in [-0.15, -0.1) is 0 Å². The van der Waals surface area contributed by atoms with Crippen molar-refractivity contribution in [3.63, 3.8) is 0 Å². The normalized spacial score (nSPS) is 41.1. The van der Waals surface area contributed by atoms with E-state index in [2.05, 4.69) is 0 Å². The van der Waals surface area contributed by atoms with E-state index in [4.69, 9.17) is 9.84 Å². The van der Waals surface area contributed by atoms with Gasteiger partial charge in [-0.05, 0) is 5.92 Å². The minimum absolute atomic E-state index is 0.104. The molecule has 1 heterocycles. The highest BCUT2D eigenvalue weighted by Crippen LogP contribution is 2.24. The van der Waals surface area contributed by atoms with Crippen LogP contribution in [0.2, 0.25) is 0 Å². The van der Waals surface area contributed by atoms with Crippen molar-refractivity contribution in [3.8, 4) is 0 Å². The lowest BCUT2D eigenvalue weighted by molar-refractivity contribution is -0.189. The monoisotopic (exact) mass is 190 g/mol. The first kappa shape index (κ1) is 10.9. The van der Waals surface area contributed by atoms with E-state index in [1.165, 1.54) is 0 Å². The van der Waals surface area contributed by atoms with Gasteiger partial charge < -0.3 is 20.1 Å². The third-order valence-electron chi connectivity index (χ3n) is 2.45. The summed E-state index contributed by atoms with van der Waals surface area (Å²) in [5.41, 5.74) is 0. The zero-order valence-electron chi connectivity index (χ0n) is 8.05. The molecule has 3 N–H and O–H groups in total. The van der Waals surface area contributed by atoms with Gasteiger partial charge in [0.2, 0.25) is 0 Å². The SMILES string of the molecule is CC(C)[C@@H]1OC(CO)C[C@H](O)C1O. The lowest BCUT2D eigenvalue weighted by Crippen LogP contribution is -2.51. The molecule has 1 fully saturated rings. The van der Waals surface area contributed by atoms with Crippen LogP contribution in [-0.2, 0) is 4.74 Å². The summed E-state index contributed by atoms with van der Waals surface area (Å²) in [6.45, 7) is 3.73. The van der Waals surface area contributed by atoms with Crippen LogP contribution in [0.4, 0.5) is 0 Å². The zero-order chi connectivity index (χ0) is 10.0. The van der Waals surface area contributed by atoms with Crippen molar-refractivity contribution in [2.75, 3.05) is 6.61 Å². The summed E-state index contributed by atoms with van der Waals surface area (Å²) in [6.07, 6.45) is -2.02. The van der Waals surface area contributed by atoms with Crippen LogP contribution in [-0.4, -0.2) is 46.3 Å². The van der Waals surface area contributed by atoms with E-state index in [0.717, 1.165) is 0 Å². The maximum Gasteiger partial charge on any atom is 0.106 e. The van der Waals surface area contributed by atoms with Gasteiger partial charge in [-0.2, -0.15) is 0 Å². The zero-order valence-corrected chi connectivity index (χ0v) is 8.05. The highest BCUT2D eigenvalue weighted by atomic mass is 16.5. The summed E-state index contributed by atoms with van der Waals surface area (Å²) in [5.74, 6) is 0.138. The summed E-state index contributed by atoms with van der Waals surface area (Å²) in [5, 5.41) is 27.9. The Labute approximate surface area is 78.1 Å². The Hall–Kier alpha value is -0.160. The highest BCUT2D eigenvalue weighted by Gasteiger charge is 2.37. The summed E-state index contributed by atoms with van der Waals surface area (Å²) in [6, 6.07) is 0. The Balaban J connectivity index is 2.60. The molecule has 13 heavy (non-hydrogen) atoms. The van der Waals surface area contributed by atoms with Crippen molar-refractivity contribution < 1.29 is 20.1 Å². The number of hydrogen-bond acceptors (Lipinski definition) is 4. The smallest absolute Gasteiger partial charge is 0.106 e. The third-order valence-corrected chi connectivity index (χ3v) is 2.45. The maximum absolute atomic E-state index is 9.56. The average Bonchev–Trinajstić information content (AvgIpc) is 2.09. The molecular weight excluding hydrogens is 172 g/mol. The van der Waals surface area contributed by atoms with E-state index in [0.29, 0.717) is 6.42 Å². The molecule has 4 atom stereocenters. The van der Waals surface area contributed by atoms with Crippen LogP contribution in [0, 0.1) is 5.92 Å². The molecule has 1 rings (SSSR count). The fourth-order valence-electron chi connectivity index (χ4n) is 1.66. The van der Waals surface area contributed by atoms with Gasteiger partial charge in [-0.3, -0.25) is 0 Å². The Morgan fingerprint density at radius 3 is 2.46 bits per heavy atom. The second kappa shape index (κ2) is 4.37. The summed E-state index contributed by atoms with van der Waals surface area (Å²) in [4.78, 5) is 0. The molecule has 1 aliphatic heterocycles. The van der Waals surface area contributed by atoms with Crippen molar-refractivity contribution in [3.05, 3.63) is 0 Å². The van der Waals surface area contributed by atoms with Crippen LogP contribution < -0.4 is 0 Å². The van der Waals surface area contributed by atoms with Gasteiger partial charge in [0.15, 0.2) is 0 Å². The molecule has 78 valence electrons. The lowest BCUT2D eigenvalue weighted by Gasteiger charge is -2.38. The summed E-state index contributed by atoms with van der Waals surface area (Å²) < 4.78 is 5.42. The van der Waals surface area contributed by atoms with Gasteiger partial charge in [0.05, 0.1) is 24.9 Å². The molecule has 0 aromatic carbocycles. The molecule has 0 spiro atoms. The van der Waals surface area contributed by atoms with Crippen LogP contribution >= 0.6 is 0 Å². The minimum atomic E-state index is -0.831. The fraction of sp³-hybridized carbons (Fsp3) is 1.00. The molecule has 0 aromatic rings. The summed E-state index contributed by atoms with van der Waals surface area (Å²) in [7, 11) is 0. The van der Waals surface area contributed by atoms with Gasteiger partial charge in [-0.25, -0.2) is 0 Å². The fourth-order valence-corrected chi connectivity index (χ4v) is 1.66. The first-order chi connectivity index (χ1) is 6.06. The number of aliphatic hydroxyl groups excluding tert-OH is 3.